The number of nitrogens with one attached hydrogen (secondary N) is 1. The van der Waals surface area contributed by atoms with E-state index in [0.717, 1.165) is 16.5 Å². The summed E-state index contributed by atoms with van der Waals surface area (Å²) >= 11 is 0. The molecular weight excluding hydrogens is 584 g/mol. The van der Waals surface area contributed by atoms with E-state index in [9.17, 15) is 19.2 Å². The van der Waals surface area contributed by atoms with Gasteiger partial charge in [-0.2, -0.15) is 0 Å². The fraction of sp³-hybridized carbons (Fsp3) is 0.595. The number of aromatic nitrogens is 1. The highest BCUT2D eigenvalue weighted by atomic mass is 16.6. The first-order chi connectivity index (χ1) is 21.6. The number of pyridine rings is 1. The Hall–Kier alpha value is -3.59. The van der Waals surface area contributed by atoms with Crippen molar-refractivity contribution in [1.29, 1.82) is 0 Å². The number of rotatable bonds is 6. The Morgan fingerprint density at radius 2 is 1.74 bits per heavy atom. The van der Waals surface area contributed by atoms with Crippen molar-refractivity contribution in [2.24, 2.45) is 35.5 Å². The Balaban J connectivity index is 1.69. The molecule has 1 N–H and O–H groups in total. The lowest BCUT2D eigenvalue weighted by molar-refractivity contribution is -0.172. The van der Waals surface area contributed by atoms with Gasteiger partial charge in [-0.1, -0.05) is 71.9 Å². The molecule has 9 atom stereocenters. The van der Waals surface area contributed by atoms with Crippen molar-refractivity contribution >= 4 is 40.6 Å². The van der Waals surface area contributed by atoms with Gasteiger partial charge in [-0.3, -0.25) is 19.4 Å². The fourth-order valence-electron chi connectivity index (χ4n) is 8.01. The molecule has 3 heterocycles. The van der Waals surface area contributed by atoms with Gasteiger partial charge in [0.1, 0.15) is 23.6 Å². The minimum Gasteiger partial charge on any atom is -0.458 e. The highest BCUT2D eigenvalue weighted by Gasteiger charge is 2.56. The van der Waals surface area contributed by atoms with Crippen LogP contribution in [0.15, 0.2) is 42.6 Å². The quantitative estimate of drug-likeness (QED) is 0.280. The van der Waals surface area contributed by atoms with Crippen molar-refractivity contribution in [3.05, 3.63) is 48.2 Å². The number of para-hydroxylation sites is 1. The first-order valence-electron chi connectivity index (χ1n) is 16.6. The van der Waals surface area contributed by atoms with E-state index in [1.807, 2.05) is 84.2 Å². The van der Waals surface area contributed by atoms with E-state index in [1.165, 1.54) is 0 Å². The zero-order chi connectivity index (χ0) is 34.0. The average Bonchev–Trinajstić information content (AvgIpc) is 3.33. The second kappa shape index (κ2) is 14.0. The Morgan fingerprint density at radius 1 is 1.04 bits per heavy atom. The summed E-state index contributed by atoms with van der Waals surface area (Å²) in [6.45, 7) is 16.9. The molecule has 0 saturated carbocycles. The summed E-state index contributed by atoms with van der Waals surface area (Å²) in [7, 11) is 0. The van der Waals surface area contributed by atoms with Crippen LogP contribution in [0.5, 0.6) is 0 Å². The molecule has 0 bridgehead atoms. The van der Waals surface area contributed by atoms with Crippen molar-refractivity contribution in [2.75, 3.05) is 6.61 Å². The number of fused-ring (bicyclic) bond motifs is 2. The number of hydrogen-bond acceptors (Lipinski definition) is 8. The molecule has 0 unspecified atom stereocenters. The number of amides is 1. The summed E-state index contributed by atoms with van der Waals surface area (Å²) in [5.41, 5.74) is -0.358. The van der Waals surface area contributed by atoms with Crippen molar-refractivity contribution < 1.29 is 33.4 Å². The zero-order valence-electron chi connectivity index (χ0n) is 28.7. The van der Waals surface area contributed by atoms with Crippen LogP contribution in [-0.2, 0) is 28.6 Å². The molecule has 0 spiro atoms. The molecule has 9 nitrogen and oxygen atoms in total. The van der Waals surface area contributed by atoms with Crippen LogP contribution in [0.1, 0.15) is 80.7 Å². The van der Waals surface area contributed by atoms with Crippen LogP contribution in [0, 0.1) is 35.5 Å². The van der Waals surface area contributed by atoms with Gasteiger partial charge in [-0.15, -0.1) is 0 Å². The molecule has 9 heteroatoms. The van der Waals surface area contributed by atoms with Gasteiger partial charge in [-0.25, -0.2) is 4.79 Å². The molecule has 2 aromatic rings. The van der Waals surface area contributed by atoms with Crippen molar-refractivity contribution in [1.82, 2.24) is 10.3 Å². The zero-order valence-corrected chi connectivity index (χ0v) is 28.7. The highest BCUT2D eigenvalue weighted by Crippen LogP contribution is 2.43. The number of alkyl carbamates (subject to hydrolysis) is 1. The summed E-state index contributed by atoms with van der Waals surface area (Å²) in [4.78, 5) is 58.6. The number of cyclic esters (lactones) is 1. The molecule has 2 saturated heterocycles. The van der Waals surface area contributed by atoms with Gasteiger partial charge >= 0.3 is 12.1 Å². The van der Waals surface area contributed by atoms with Crippen LogP contribution >= 0.6 is 0 Å². The Labute approximate surface area is 272 Å². The topological polar surface area (TPSA) is 121 Å². The number of Topliss-reactive ketones (excluding diaryl/α,β-unsaturated/α-hetero) is 2. The van der Waals surface area contributed by atoms with Crippen LogP contribution in [0.3, 0.4) is 0 Å². The van der Waals surface area contributed by atoms with E-state index in [0.29, 0.717) is 12.8 Å². The van der Waals surface area contributed by atoms with Crippen LogP contribution in [0.2, 0.25) is 0 Å². The van der Waals surface area contributed by atoms with E-state index in [1.54, 1.807) is 20.8 Å². The normalized spacial score (nSPS) is 34.7. The van der Waals surface area contributed by atoms with Crippen LogP contribution in [0.25, 0.3) is 17.0 Å². The summed E-state index contributed by atoms with van der Waals surface area (Å²) in [6.07, 6.45) is 4.85. The molecule has 1 aromatic heterocycles. The van der Waals surface area contributed by atoms with E-state index in [4.69, 9.17) is 14.2 Å². The minimum atomic E-state index is -1.29. The Bertz CT molecular complexity index is 1490. The van der Waals surface area contributed by atoms with Gasteiger partial charge in [-0.05, 0) is 63.1 Å². The first kappa shape index (κ1) is 35.3. The van der Waals surface area contributed by atoms with E-state index >= 15 is 0 Å². The summed E-state index contributed by atoms with van der Waals surface area (Å²) in [6, 6.07) is 9.24. The maximum absolute atomic E-state index is 14.1. The van der Waals surface area contributed by atoms with Gasteiger partial charge in [0.15, 0.2) is 5.60 Å². The lowest BCUT2D eigenvalue weighted by Crippen LogP contribution is -2.57. The molecule has 2 aliphatic heterocycles. The van der Waals surface area contributed by atoms with Gasteiger partial charge < -0.3 is 19.5 Å². The molecule has 250 valence electrons. The van der Waals surface area contributed by atoms with Gasteiger partial charge in [0.2, 0.25) is 0 Å². The van der Waals surface area contributed by atoms with E-state index in [-0.39, 0.29) is 30.0 Å². The summed E-state index contributed by atoms with van der Waals surface area (Å²) < 4.78 is 18.3. The number of ketones is 2. The molecule has 1 aromatic carbocycles. The molecule has 0 radical (unpaired) electrons. The molecular formula is C37H50N2O7. The largest absolute Gasteiger partial charge is 0.458 e. The molecule has 1 amide bonds. The van der Waals surface area contributed by atoms with Crippen LogP contribution in [-0.4, -0.2) is 58.6 Å². The van der Waals surface area contributed by atoms with Gasteiger partial charge in [0, 0.05) is 29.3 Å². The predicted octanol–water partition coefficient (Wildman–Crippen LogP) is 6.57. The third-order valence-electron chi connectivity index (χ3n) is 10.2. The standard InChI is InChI=1S/C37H50N2O7/c1-10-29-37(9)33(39-35(43)46-37)24(6)31(40)22(4)19-36(8,30(21(2)3)23(5)32(41)25(7)34(42)45-29)44-17-13-14-26-18-27-15-11-12-16-28(27)38-20-26/h11-16,18,20-25,29-30,33H,10,17,19H2,1-9H3,(H,39,43)/b14-13+/t22-,23-,24+,25-,29-,30-,33-,36-,37-/m1/s1. The third kappa shape index (κ3) is 7.04. The third-order valence-corrected chi connectivity index (χ3v) is 10.2. The van der Waals surface area contributed by atoms with E-state index < -0.39 is 59.1 Å². The first-order valence-corrected chi connectivity index (χ1v) is 16.6. The number of benzene rings is 1. The Morgan fingerprint density at radius 3 is 2.41 bits per heavy atom. The number of carbonyl (C=O) groups is 4. The lowest BCUT2D eigenvalue weighted by Gasteiger charge is -2.45. The highest BCUT2D eigenvalue weighted by molar-refractivity contribution is 6.00. The number of esters is 1. The number of carbonyl (C=O) groups excluding carboxylic acids is 4. The van der Waals surface area contributed by atoms with Gasteiger partial charge in [0.05, 0.1) is 23.8 Å². The number of ether oxygens (including phenoxy) is 3. The van der Waals surface area contributed by atoms with Gasteiger partial charge in [0.25, 0.3) is 0 Å². The van der Waals surface area contributed by atoms with Crippen molar-refractivity contribution in [2.45, 2.75) is 98.5 Å². The predicted molar refractivity (Wildman–Crippen MR) is 177 cm³/mol. The fourth-order valence-corrected chi connectivity index (χ4v) is 8.01. The maximum atomic E-state index is 14.1. The minimum absolute atomic E-state index is 0.0114. The van der Waals surface area contributed by atoms with Crippen molar-refractivity contribution in [3.63, 3.8) is 0 Å². The Kier molecular flexibility index (Phi) is 10.8. The number of hydrogen-bond donors (Lipinski definition) is 1. The molecule has 46 heavy (non-hydrogen) atoms. The molecule has 0 aliphatic carbocycles. The number of nitrogens with zero attached hydrogens (tertiary/aromatic N) is 1. The van der Waals surface area contributed by atoms with Crippen LogP contribution < -0.4 is 5.32 Å². The monoisotopic (exact) mass is 634 g/mol. The second-order valence-corrected chi connectivity index (χ2v) is 14.0. The molecule has 4 rings (SSSR count). The maximum Gasteiger partial charge on any atom is 0.408 e. The van der Waals surface area contributed by atoms with Crippen LogP contribution in [0.4, 0.5) is 4.79 Å². The molecule has 2 aliphatic rings. The summed E-state index contributed by atoms with van der Waals surface area (Å²) in [5.74, 6) is -4.04. The second-order valence-electron chi connectivity index (χ2n) is 14.0. The summed E-state index contributed by atoms with van der Waals surface area (Å²) in [5, 5.41) is 3.85. The van der Waals surface area contributed by atoms with E-state index in [2.05, 4.69) is 16.4 Å². The lowest BCUT2D eigenvalue weighted by atomic mass is 9.66. The SMILES string of the molecule is CC[C@H]1OC(=O)[C@H](C)C(=O)[C@H](C)[C@@H](C(C)C)[C@](C)(OC/C=C/c2cnc3ccccc3c2)C[C@@H](C)C(=O)[C@H](C)[C@H]2NC(=O)O[C@@]21C. The van der Waals surface area contributed by atoms with Crippen molar-refractivity contribution in [3.8, 4) is 0 Å². The molecule has 2 fully saturated rings. The smallest absolute Gasteiger partial charge is 0.408 e. The average molecular weight is 635 g/mol.